The lowest BCUT2D eigenvalue weighted by molar-refractivity contribution is -0.134. The minimum atomic E-state index is -3.64. The first-order chi connectivity index (χ1) is 19.2. The Hall–Kier alpha value is -3.88. The van der Waals surface area contributed by atoms with Crippen LogP contribution in [0.15, 0.2) is 84.9 Å². The van der Waals surface area contributed by atoms with Gasteiger partial charge in [0.2, 0.25) is 16.0 Å². The number of carboxylic acid groups (broad SMARTS) is 1. The smallest absolute Gasteiger partial charge is 0.300 e. The summed E-state index contributed by atoms with van der Waals surface area (Å²) >= 11 is 0. The van der Waals surface area contributed by atoms with Crippen LogP contribution in [0.2, 0.25) is 0 Å². The number of hydrogen-bond donors (Lipinski definition) is 1. The van der Waals surface area contributed by atoms with E-state index in [1.165, 1.54) is 19.2 Å². The van der Waals surface area contributed by atoms with E-state index in [1.54, 1.807) is 12.1 Å². The SMILES string of the molecule is CC(=O)O.CC(C)c1nc(N(C)S(C)(=O)=O)nc(-c2ccc(F)cc2)c1CP(=O)(c1ccccc1)c1ccccc1. The average Bonchev–Trinajstić information content (AvgIpc) is 2.93. The van der Waals surface area contributed by atoms with Gasteiger partial charge in [0.1, 0.15) is 13.0 Å². The summed E-state index contributed by atoms with van der Waals surface area (Å²) in [6.45, 7) is 4.97. The summed E-state index contributed by atoms with van der Waals surface area (Å²) in [5.41, 5.74) is 2.24. The van der Waals surface area contributed by atoms with E-state index in [4.69, 9.17) is 9.90 Å². The number of nitrogens with zero attached hydrogens (tertiary/aromatic N) is 3. The molecule has 41 heavy (non-hydrogen) atoms. The molecule has 4 aromatic rings. The minimum Gasteiger partial charge on any atom is -0.481 e. The zero-order valence-corrected chi connectivity index (χ0v) is 25.2. The highest BCUT2D eigenvalue weighted by Crippen LogP contribution is 2.49. The van der Waals surface area contributed by atoms with Crippen molar-refractivity contribution in [2.75, 3.05) is 17.6 Å². The van der Waals surface area contributed by atoms with Crippen molar-refractivity contribution in [1.82, 2.24) is 9.97 Å². The molecule has 0 amide bonds. The molecule has 4 rings (SSSR count). The predicted molar refractivity (Wildman–Crippen MR) is 162 cm³/mol. The first-order valence-electron chi connectivity index (χ1n) is 12.7. The molecule has 0 aliphatic heterocycles. The number of benzene rings is 3. The lowest BCUT2D eigenvalue weighted by Gasteiger charge is -2.25. The van der Waals surface area contributed by atoms with Crippen molar-refractivity contribution in [2.24, 2.45) is 0 Å². The highest BCUT2D eigenvalue weighted by atomic mass is 32.2. The lowest BCUT2D eigenvalue weighted by Crippen LogP contribution is -2.28. The van der Waals surface area contributed by atoms with E-state index in [1.807, 2.05) is 74.5 Å². The molecule has 0 atom stereocenters. The molecule has 3 aromatic carbocycles. The van der Waals surface area contributed by atoms with E-state index in [2.05, 4.69) is 9.97 Å². The van der Waals surface area contributed by atoms with Crippen molar-refractivity contribution >= 4 is 39.7 Å². The van der Waals surface area contributed by atoms with Crippen molar-refractivity contribution < 1.29 is 27.3 Å². The molecule has 0 fully saturated rings. The van der Waals surface area contributed by atoms with Gasteiger partial charge in [0.25, 0.3) is 5.97 Å². The monoisotopic (exact) mass is 597 g/mol. The van der Waals surface area contributed by atoms with Crippen molar-refractivity contribution in [3.8, 4) is 11.3 Å². The summed E-state index contributed by atoms with van der Waals surface area (Å²) in [6, 6.07) is 24.4. The Kier molecular flexibility index (Phi) is 10.2. The van der Waals surface area contributed by atoms with Crippen LogP contribution in [0.3, 0.4) is 0 Å². The van der Waals surface area contributed by atoms with Crippen LogP contribution in [0.5, 0.6) is 0 Å². The molecule has 0 aliphatic carbocycles. The average molecular weight is 598 g/mol. The van der Waals surface area contributed by atoms with Gasteiger partial charge in [-0.05, 0) is 30.2 Å². The zero-order chi connectivity index (χ0) is 30.4. The summed E-state index contributed by atoms with van der Waals surface area (Å²) in [6.07, 6.45) is 1.19. The number of aromatic nitrogens is 2. The highest BCUT2D eigenvalue weighted by molar-refractivity contribution is 7.92. The number of carbonyl (C=O) groups is 1. The second kappa shape index (κ2) is 13.2. The van der Waals surface area contributed by atoms with Crippen LogP contribution in [0.4, 0.5) is 10.3 Å². The van der Waals surface area contributed by atoms with Crippen molar-refractivity contribution in [3.05, 3.63) is 102 Å². The number of anilines is 1. The Morgan fingerprint density at radius 3 is 1.80 bits per heavy atom. The van der Waals surface area contributed by atoms with Gasteiger partial charge in [-0.3, -0.25) is 4.79 Å². The Labute approximate surface area is 240 Å². The van der Waals surface area contributed by atoms with E-state index in [9.17, 15) is 17.4 Å². The molecule has 216 valence electrons. The zero-order valence-electron chi connectivity index (χ0n) is 23.5. The molecule has 11 heteroatoms. The normalized spacial score (nSPS) is 11.5. The molecule has 0 spiro atoms. The maximum absolute atomic E-state index is 15.0. The van der Waals surface area contributed by atoms with Gasteiger partial charge in [0.15, 0.2) is 0 Å². The van der Waals surface area contributed by atoms with Crippen LogP contribution in [0, 0.1) is 5.82 Å². The van der Waals surface area contributed by atoms with E-state index < -0.39 is 29.0 Å². The molecule has 1 N–H and O–H groups in total. The van der Waals surface area contributed by atoms with Crippen molar-refractivity contribution in [2.45, 2.75) is 32.9 Å². The molecule has 1 aromatic heterocycles. The van der Waals surface area contributed by atoms with Crippen LogP contribution in [0.1, 0.15) is 37.9 Å². The first kappa shape index (κ1) is 31.6. The van der Waals surface area contributed by atoms with Crippen LogP contribution in [0.25, 0.3) is 11.3 Å². The Balaban J connectivity index is 0.00000108. The fourth-order valence-corrected chi connectivity index (χ4v) is 7.26. The van der Waals surface area contributed by atoms with Crippen LogP contribution < -0.4 is 14.9 Å². The summed E-state index contributed by atoms with van der Waals surface area (Å²) in [5, 5.41) is 8.80. The number of aliphatic carboxylic acids is 1. The van der Waals surface area contributed by atoms with E-state index >= 15 is 0 Å². The molecule has 0 saturated heterocycles. The van der Waals surface area contributed by atoms with Gasteiger partial charge in [0.05, 0.1) is 17.6 Å². The topological polar surface area (TPSA) is 118 Å². The van der Waals surface area contributed by atoms with Crippen LogP contribution >= 0.6 is 7.14 Å². The van der Waals surface area contributed by atoms with Gasteiger partial charge < -0.3 is 9.67 Å². The molecule has 0 aliphatic rings. The molecule has 1 heterocycles. The molecule has 0 saturated carbocycles. The fraction of sp³-hybridized carbons (Fsp3) is 0.233. The van der Waals surface area contributed by atoms with Gasteiger partial charge in [-0.1, -0.05) is 74.5 Å². The third kappa shape index (κ3) is 7.86. The number of rotatable bonds is 8. The summed E-state index contributed by atoms with van der Waals surface area (Å²) < 4.78 is 54.5. The van der Waals surface area contributed by atoms with Gasteiger partial charge in [-0.2, -0.15) is 0 Å². The molecular formula is C30H33FN3O5PS. The first-order valence-corrected chi connectivity index (χ1v) is 16.5. The van der Waals surface area contributed by atoms with E-state index in [0.29, 0.717) is 33.1 Å². The quantitative estimate of drug-likeness (QED) is 0.270. The molecule has 0 radical (unpaired) electrons. The fourth-order valence-electron chi connectivity index (χ4n) is 4.15. The number of carboxylic acids is 1. The van der Waals surface area contributed by atoms with E-state index in [-0.39, 0.29) is 18.0 Å². The summed E-state index contributed by atoms with van der Waals surface area (Å²) in [7, 11) is -5.48. The van der Waals surface area contributed by atoms with Crippen molar-refractivity contribution in [1.29, 1.82) is 0 Å². The third-order valence-corrected chi connectivity index (χ3v) is 10.4. The Morgan fingerprint density at radius 1 is 0.927 bits per heavy atom. The molecule has 0 unspecified atom stereocenters. The highest BCUT2D eigenvalue weighted by Gasteiger charge is 2.32. The van der Waals surface area contributed by atoms with E-state index in [0.717, 1.165) is 17.5 Å². The van der Waals surface area contributed by atoms with Gasteiger partial charge >= 0.3 is 0 Å². The predicted octanol–water partition coefficient (Wildman–Crippen LogP) is 5.41. The van der Waals surface area contributed by atoms with Gasteiger partial charge in [0, 0.05) is 41.9 Å². The second-order valence-electron chi connectivity index (χ2n) is 9.72. The molecule has 0 bridgehead atoms. The van der Waals surface area contributed by atoms with Gasteiger partial charge in [-0.25, -0.2) is 27.1 Å². The number of hydrogen-bond acceptors (Lipinski definition) is 6. The maximum atomic E-state index is 15.0. The number of halogens is 1. The van der Waals surface area contributed by atoms with Crippen LogP contribution in [-0.2, 0) is 25.5 Å². The molecule has 8 nitrogen and oxygen atoms in total. The standard InChI is InChI=1S/C28H29FN3O3PS.C2H4O2/c1-20(2)26-25(19-36(33,23-11-7-5-8-12-23)24-13-9-6-10-14-24)27(21-15-17-22(29)18-16-21)31-28(30-26)32(3)37(4,34)35;1-2(3)4/h5-18,20H,19H2,1-4H3;1H3,(H,3,4). The van der Waals surface area contributed by atoms with Crippen LogP contribution in [-0.4, -0.2) is 42.8 Å². The molecular weight excluding hydrogens is 564 g/mol. The third-order valence-electron chi connectivity index (χ3n) is 6.20. The van der Waals surface area contributed by atoms with Crippen molar-refractivity contribution in [3.63, 3.8) is 0 Å². The summed E-state index contributed by atoms with van der Waals surface area (Å²) in [5.74, 6) is -1.37. The minimum absolute atomic E-state index is 0.00327. The van der Waals surface area contributed by atoms with Gasteiger partial charge in [-0.15, -0.1) is 0 Å². The lowest BCUT2D eigenvalue weighted by atomic mass is 9.99. The second-order valence-corrected chi connectivity index (χ2v) is 14.6. The number of sulfonamides is 1. The Morgan fingerprint density at radius 2 is 1.39 bits per heavy atom. The summed E-state index contributed by atoms with van der Waals surface area (Å²) in [4.78, 5) is 18.3. The Bertz CT molecular complexity index is 1600. The maximum Gasteiger partial charge on any atom is 0.300 e. The largest absolute Gasteiger partial charge is 0.481 e.